The molecule has 0 aromatic heterocycles. The predicted octanol–water partition coefficient (Wildman–Crippen LogP) is 2.27. The summed E-state index contributed by atoms with van der Waals surface area (Å²) in [5.41, 5.74) is -0.00958. The van der Waals surface area contributed by atoms with Crippen LogP contribution in [0.15, 0.2) is 0 Å². The fourth-order valence-electron chi connectivity index (χ4n) is 2.28. The van der Waals surface area contributed by atoms with Crippen LogP contribution in [-0.4, -0.2) is 18.8 Å². The monoisotopic (exact) mass is 171 g/mol. The van der Waals surface area contributed by atoms with E-state index in [9.17, 15) is 4.39 Å². The van der Waals surface area contributed by atoms with Crippen molar-refractivity contribution in [3.8, 4) is 0 Å². The lowest BCUT2D eigenvalue weighted by molar-refractivity contribution is 0.284. The summed E-state index contributed by atoms with van der Waals surface area (Å²) in [5.74, 6) is 0. The zero-order valence-corrected chi connectivity index (χ0v) is 7.78. The van der Waals surface area contributed by atoms with Crippen LogP contribution in [0.1, 0.15) is 39.0 Å². The van der Waals surface area contributed by atoms with Crippen molar-refractivity contribution in [3.63, 3.8) is 0 Å². The standard InChI is InChI=1S/C10H18FN/c1-10(7-8(10)11)9-5-3-2-4-6-12-9/h8-9,12H,2-7H2,1H3. The maximum atomic E-state index is 13.0. The Balaban J connectivity index is 1.93. The molecule has 0 bridgehead atoms. The van der Waals surface area contributed by atoms with E-state index in [-0.39, 0.29) is 5.41 Å². The summed E-state index contributed by atoms with van der Waals surface area (Å²) in [6.45, 7) is 3.17. The van der Waals surface area contributed by atoms with Crippen LogP contribution in [0, 0.1) is 5.41 Å². The van der Waals surface area contributed by atoms with E-state index in [1.54, 1.807) is 0 Å². The van der Waals surface area contributed by atoms with Gasteiger partial charge in [0.15, 0.2) is 0 Å². The molecule has 1 aliphatic carbocycles. The van der Waals surface area contributed by atoms with Gasteiger partial charge >= 0.3 is 0 Å². The zero-order valence-electron chi connectivity index (χ0n) is 7.78. The van der Waals surface area contributed by atoms with E-state index < -0.39 is 6.17 Å². The molecule has 70 valence electrons. The number of alkyl halides is 1. The summed E-state index contributed by atoms with van der Waals surface area (Å²) >= 11 is 0. The van der Waals surface area contributed by atoms with Crippen molar-refractivity contribution in [3.05, 3.63) is 0 Å². The molecule has 2 heteroatoms. The van der Waals surface area contributed by atoms with E-state index in [4.69, 9.17) is 0 Å². The van der Waals surface area contributed by atoms with Gasteiger partial charge in [0, 0.05) is 11.5 Å². The van der Waals surface area contributed by atoms with Gasteiger partial charge in [-0.1, -0.05) is 19.8 Å². The van der Waals surface area contributed by atoms with Gasteiger partial charge in [0.1, 0.15) is 6.17 Å². The summed E-state index contributed by atoms with van der Waals surface area (Å²) in [5, 5.41) is 3.47. The molecule has 0 radical (unpaired) electrons. The highest BCUT2D eigenvalue weighted by atomic mass is 19.1. The van der Waals surface area contributed by atoms with Crippen molar-refractivity contribution in [2.24, 2.45) is 5.41 Å². The lowest BCUT2D eigenvalue weighted by Gasteiger charge is -2.22. The second kappa shape index (κ2) is 2.99. The summed E-state index contributed by atoms with van der Waals surface area (Å²) in [4.78, 5) is 0. The molecular formula is C10H18FN. The lowest BCUT2D eigenvalue weighted by atomic mass is 9.94. The fourth-order valence-corrected chi connectivity index (χ4v) is 2.28. The molecule has 1 saturated heterocycles. The highest BCUT2D eigenvalue weighted by molar-refractivity contribution is 5.07. The average molecular weight is 171 g/mol. The number of hydrogen-bond donors (Lipinski definition) is 1. The van der Waals surface area contributed by atoms with Gasteiger partial charge < -0.3 is 5.32 Å². The molecule has 2 aliphatic rings. The Bertz CT molecular complexity index is 163. The maximum Gasteiger partial charge on any atom is 0.108 e. The molecule has 0 aromatic carbocycles. The Morgan fingerprint density at radius 2 is 2.08 bits per heavy atom. The highest BCUT2D eigenvalue weighted by Crippen LogP contribution is 2.52. The van der Waals surface area contributed by atoms with Crippen LogP contribution in [0.5, 0.6) is 0 Å². The first-order valence-corrected chi connectivity index (χ1v) is 5.11. The van der Waals surface area contributed by atoms with Crippen LogP contribution in [0.2, 0.25) is 0 Å². The van der Waals surface area contributed by atoms with Gasteiger partial charge in [-0.2, -0.15) is 0 Å². The smallest absolute Gasteiger partial charge is 0.108 e. The van der Waals surface area contributed by atoms with Crippen molar-refractivity contribution in [2.75, 3.05) is 6.54 Å². The van der Waals surface area contributed by atoms with Gasteiger partial charge in [0.25, 0.3) is 0 Å². The normalized spacial score (nSPS) is 48.5. The van der Waals surface area contributed by atoms with Crippen molar-refractivity contribution in [1.29, 1.82) is 0 Å². The van der Waals surface area contributed by atoms with Crippen molar-refractivity contribution >= 4 is 0 Å². The van der Waals surface area contributed by atoms with Crippen LogP contribution < -0.4 is 5.32 Å². The van der Waals surface area contributed by atoms with Crippen LogP contribution >= 0.6 is 0 Å². The van der Waals surface area contributed by atoms with E-state index in [2.05, 4.69) is 12.2 Å². The number of rotatable bonds is 1. The van der Waals surface area contributed by atoms with E-state index in [1.807, 2.05) is 0 Å². The molecule has 1 nitrogen and oxygen atoms in total. The van der Waals surface area contributed by atoms with Gasteiger partial charge in [-0.15, -0.1) is 0 Å². The van der Waals surface area contributed by atoms with Crippen molar-refractivity contribution < 1.29 is 4.39 Å². The molecule has 3 unspecified atom stereocenters. The molecule has 1 saturated carbocycles. The number of hydrogen-bond acceptors (Lipinski definition) is 1. The topological polar surface area (TPSA) is 12.0 Å². The molecule has 1 heterocycles. The summed E-state index contributed by atoms with van der Waals surface area (Å²) < 4.78 is 13.0. The minimum atomic E-state index is -0.534. The second-order valence-corrected chi connectivity index (χ2v) is 4.53. The first kappa shape index (κ1) is 8.49. The van der Waals surface area contributed by atoms with Crippen LogP contribution in [0.4, 0.5) is 4.39 Å². The van der Waals surface area contributed by atoms with Gasteiger partial charge in [-0.25, -0.2) is 4.39 Å². The van der Waals surface area contributed by atoms with Gasteiger partial charge in [-0.3, -0.25) is 0 Å². The maximum absolute atomic E-state index is 13.0. The molecule has 1 aliphatic heterocycles. The number of nitrogens with one attached hydrogen (secondary N) is 1. The SMILES string of the molecule is CC1(C2CCCCCN2)CC1F. The molecule has 1 N–H and O–H groups in total. The minimum absolute atomic E-state index is 0.00958. The van der Waals surface area contributed by atoms with Gasteiger partial charge in [0.2, 0.25) is 0 Å². The largest absolute Gasteiger partial charge is 0.313 e. The lowest BCUT2D eigenvalue weighted by Crippen LogP contribution is -2.36. The van der Waals surface area contributed by atoms with Crippen molar-refractivity contribution in [1.82, 2.24) is 5.32 Å². The Labute approximate surface area is 73.7 Å². The Hall–Kier alpha value is -0.110. The third kappa shape index (κ3) is 1.37. The first-order chi connectivity index (χ1) is 5.73. The van der Waals surface area contributed by atoms with Crippen LogP contribution in [-0.2, 0) is 0 Å². The Morgan fingerprint density at radius 1 is 1.33 bits per heavy atom. The fraction of sp³-hybridized carbons (Fsp3) is 1.00. The molecular weight excluding hydrogens is 153 g/mol. The molecule has 0 aromatic rings. The summed E-state index contributed by atoms with van der Waals surface area (Å²) in [6, 6.07) is 0.454. The van der Waals surface area contributed by atoms with Crippen LogP contribution in [0.25, 0.3) is 0 Å². The zero-order chi connectivity index (χ0) is 8.60. The molecule has 0 amide bonds. The molecule has 2 fully saturated rings. The van der Waals surface area contributed by atoms with E-state index in [0.717, 1.165) is 13.0 Å². The van der Waals surface area contributed by atoms with E-state index in [1.165, 1.54) is 25.7 Å². The van der Waals surface area contributed by atoms with Crippen LogP contribution in [0.3, 0.4) is 0 Å². The quantitative estimate of drug-likeness (QED) is 0.638. The van der Waals surface area contributed by atoms with Gasteiger partial charge in [-0.05, 0) is 25.8 Å². The van der Waals surface area contributed by atoms with E-state index >= 15 is 0 Å². The molecule has 2 rings (SSSR count). The first-order valence-electron chi connectivity index (χ1n) is 5.11. The number of halogens is 1. The third-order valence-corrected chi connectivity index (χ3v) is 3.53. The van der Waals surface area contributed by atoms with E-state index in [0.29, 0.717) is 6.04 Å². The Kier molecular flexibility index (Phi) is 2.11. The average Bonchev–Trinajstić information content (AvgIpc) is 2.71. The summed E-state index contributed by atoms with van der Waals surface area (Å²) in [7, 11) is 0. The van der Waals surface area contributed by atoms with Gasteiger partial charge in [0.05, 0.1) is 0 Å². The second-order valence-electron chi connectivity index (χ2n) is 4.53. The summed E-state index contributed by atoms with van der Waals surface area (Å²) in [6.07, 6.45) is 5.29. The molecule has 12 heavy (non-hydrogen) atoms. The highest BCUT2D eigenvalue weighted by Gasteiger charge is 2.55. The molecule has 3 atom stereocenters. The van der Waals surface area contributed by atoms with Crippen molar-refractivity contribution in [2.45, 2.75) is 51.2 Å². The molecule has 0 spiro atoms. The third-order valence-electron chi connectivity index (χ3n) is 3.53. The Morgan fingerprint density at radius 3 is 2.75 bits per heavy atom. The predicted molar refractivity (Wildman–Crippen MR) is 47.9 cm³/mol. The minimum Gasteiger partial charge on any atom is -0.313 e.